The summed E-state index contributed by atoms with van der Waals surface area (Å²) in [5.41, 5.74) is 0.373. The van der Waals surface area contributed by atoms with Crippen LogP contribution in [-0.4, -0.2) is 15.8 Å². The molecular weight excluding hydrogens is 419 g/mol. The molecule has 3 rings (SSSR count). The summed E-state index contributed by atoms with van der Waals surface area (Å²) in [4.78, 5) is 32.2. The van der Waals surface area contributed by atoms with Crippen molar-refractivity contribution in [2.45, 2.75) is 6.54 Å². The van der Waals surface area contributed by atoms with Crippen LogP contribution in [0.2, 0.25) is 0 Å². The molecule has 0 saturated heterocycles. The van der Waals surface area contributed by atoms with Gasteiger partial charge < -0.3 is 10.6 Å². The van der Waals surface area contributed by atoms with Gasteiger partial charge in [0.1, 0.15) is 5.69 Å². The Labute approximate surface area is 181 Å². The van der Waals surface area contributed by atoms with E-state index in [2.05, 4.69) is 10.6 Å². The van der Waals surface area contributed by atoms with Gasteiger partial charge in [-0.2, -0.15) is 4.39 Å². The maximum absolute atomic E-state index is 13.9. The summed E-state index contributed by atoms with van der Waals surface area (Å²) < 4.78 is 13.9. The van der Waals surface area contributed by atoms with Gasteiger partial charge in [-0.05, 0) is 29.3 Å². The van der Waals surface area contributed by atoms with Crippen molar-refractivity contribution in [2.24, 2.45) is 0 Å². The Hall–Kier alpha value is -4.60. The Balaban J connectivity index is 1.63. The monoisotopic (exact) mass is 436 g/mol. The standard InChI is InChI=1S/C22H17FN4O5/c23-18-12-19(21(27(31)32)13-20(18)26(29)30)24-14-16-6-9-17(10-7-16)25-22(28)11-8-15-4-2-1-3-5-15/h1-13,24H,14H2,(H,25,28)/b11-8+. The van der Waals surface area contributed by atoms with Crippen molar-refractivity contribution in [2.75, 3.05) is 10.6 Å². The fourth-order valence-electron chi connectivity index (χ4n) is 2.81. The second kappa shape index (κ2) is 9.94. The zero-order chi connectivity index (χ0) is 23.1. The molecule has 0 radical (unpaired) electrons. The molecule has 0 aliphatic rings. The molecule has 2 N–H and O–H groups in total. The number of carbonyl (C=O) groups is 1. The van der Waals surface area contributed by atoms with E-state index in [4.69, 9.17) is 0 Å². The Kier molecular flexibility index (Phi) is 6.86. The molecule has 10 heteroatoms. The molecule has 0 heterocycles. The van der Waals surface area contributed by atoms with Crippen LogP contribution >= 0.6 is 0 Å². The van der Waals surface area contributed by atoms with Gasteiger partial charge in [0.15, 0.2) is 0 Å². The first-order valence-electron chi connectivity index (χ1n) is 9.33. The van der Waals surface area contributed by atoms with Crippen molar-refractivity contribution in [3.05, 3.63) is 110 Å². The van der Waals surface area contributed by atoms with Gasteiger partial charge in [0.05, 0.1) is 15.9 Å². The third-order valence-electron chi connectivity index (χ3n) is 4.39. The van der Waals surface area contributed by atoms with Crippen molar-refractivity contribution in [3.8, 4) is 0 Å². The quantitative estimate of drug-likeness (QED) is 0.293. The van der Waals surface area contributed by atoms with Gasteiger partial charge in [0.2, 0.25) is 11.7 Å². The molecule has 0 saturated carbocycles. The molecule has 9 nitrogen and oxygen atoms in total. The van der Waals surface area contributed by atoms with E-state index in [1.54, 1.807) is 30.3 Å². The van der Waals surface area contributed by atoms with Crippen molar-refractivity contribution in [1.82, 2.24) is 0 Å². The molecule has 0 atom stereocenters. The number of carbonyl (C=O) groups excluding carboxylic acids is 1. The lowest BCUT2D eigenvalue weighted by atomic mass is 10.1. The molecule has 0 aliphatic carbocycles. The Morgan fingerprint density at radius 3 is 2.22 bits per heavy atom. The normalized spacial score (nSPS) is 10.7. The molecule has 0 bridgehead atoms. The van der Waals surface area contributed by atoms with Crippen LogP contribution in [0.3, 0.4) is 0 Å². The first kappa shape index (κ1) is 22.1. The van der Waals surface area contributed by atoms with E-state index < -0.39 is 27.0 Å². The molecule has 3 aromatic carbocycles. The predicted octanol–water partition coefficient (Wildman–Crippen LogP) is 4.91. The zero-order valence-electron chi connectivity index (χ0n) is 16.5. The van der Waals surface area contributed by atoms with Crippen molar-refractivity contribution < 1.29 is 19.0 Å². The first-order valence-corrected chi connectivity index (χ1v) is 9.33. The Morgan fingerprint density at radius 2 is 1.59 bits per heavy atom. The number of anilines is 2. The van der Waals surface area contributed by atoms with E-state index in [0.29, 0.717) is 17.3 Å². The number of nitro groups is 2. The molecular formula is C22H17FN4O5. The zero-order valence-corrected chi connectivity index (χ0v) is 16.5. The maximum Gasteiger partial charge on any atom is 0.311 e. The second-order valence-corrected chi connectivity index (χ2v) is 6.62. The summed E-state index contributed by atoms with van der Waals surface area (Å²) in [5.74, 6) is -1.48. The number of nitrogens with zero attached hydrogens (tertiary/aromatic N) is 2. The van der Waals surface area contributed by atoms with Gasteiger partial charge in [-0.3, -0.25) is 25.0 Å². The third-order valence-corrected chi connectivity index (χ3v) is 4.39. The number of hydrogen-bond donors (Lipinski definition) is 2. The molecule has 162 valence electrons. The molecule has 32 heavy (non-hydrogen) atoms. The van der Waals surface area contributed by atoms with Crippen LogP contribution in [0.5, 0.6) is 0 Å². The summed E-state index contributed by atoms with van der Waals surface area (Å²) in [6.45, 7) is 0.0974. The summed E-state index contributed by atoms with van der Waals surface area (Å²) >= 11 is 0. The Morgan fingerprint density at radius 1 is 0.938 bits per heavy atom. The van der Waals surface area contributed by atoms with Gasteiger partial charge >= 0.3 is 5.69 Å². The highest BCUT2D eigenvalue weighted by Gasteiger charge is 2.24. The van der Waals surface area contributed by atoms with E-state index in [9.17, 15) is 29.4 Å². The van der Waals surface area contributed by atoms with Crippen LogP contribution < -0.4 is 10.6 Å². The van der Waals surface area contributed by atoms with Crippen molar-refractivity contribution in [3.63, 3.8) is 0 Å². The lowest BCUT2D eigenvalue weighted by Crippen LogP contribution is -2.08. The smallest absolute Gasteiger partial charge is 0.311 e. The summed E-state index contributed by atoms with van der Waals surface area (Å²) in [7, 11) is 0. The van der Waals surface area contributed by atoms with E-state index in [1.165, 1.54) is 6.08 Å². The average Bonchev–Trinajstić information content (AvgIpc) is 2.77. The number of benzene rings is 3. The lowest BCUT2D eigenvalue weighted by molar-refractivity contribution is -0.395. The van der Waals surface area contributed by atoms with Crippen LogP contribution in [0.4, 0.5) is 27.1 Å². The highest BCUT2D eigenvalue weighted by Crippen LogP contribution is 2.32. The minimum absolute atomic E-state index is 0.0974. The van der Waals surface area contributed by atoms with Crippen LogP contribution in [0.25, 0.3) is 6.08 Å². The number of amides is 1. The van der Waals surface area contributed by atoms with Crippen LogP contribution in [0.15, 0.2) is 72.8 Å². The number of rotatable bonds is 8. The summed E-state index contributed by atoms with van der Waals surface area (Å²) in [6.07, 6.45) is 3.09. The number of halogens is 1. The van der Waals surface area contributed by atoms with Gasteiger partial charge in [-0.25, -0.2) is 0 Å². The topological polar surface area (TPSA) is 127 Å². The van der Waals surface area contributed by atoms with E-state index >= 15 is 0 Å². The number of nitro benzene ring substituents is 2. The van der Waals surface area contributed by atoms with Gasteiger partial charge in [0, 0.05) is 24.4 Å². The summed E-state index contributed by atoms with van der Waals surface area (Å²) in [6, 6.07) is 17.3. The highest BCUT2D eigenvalue weighted by molar-refractivity contribution is 6.01. The fourth-order valence-corrected chi connectivity index (χ4v) is 2.81. The molecule has 0 fully saturated rings. The fraction of sp³-hybridized carbons (Fsp3) is 0.0455. The lowest BCUT2D eigenvalue weighted by Gasteiger charge is -2.09. The first-order chi connectivity index (χ1) is 15.3. The van der Waals surface area contributed by atoms with E-state index in [-0.39, 0.29) is 18.1 Å². The molecule has 3 aromatic rings. The van der Waals surface area contributed by atoms with Crippen LogP contribution in [0, 0.1) is 26.0 Å². The second-order valence-electron chi connectivity index (χ2n) is 6.62. The molecule has 0 aliphatic heterocycles. The minimum Gasteiger partial charge on any atom is -0.375 e. The number of hydrogen-bond acceptors (Lipinski definition) is 6. The third kappa shape index (κ3) is 5.72. The van der Waals surface area contributed by atoms with Crippen molar-refractivity contribution >= 4 is 34.7 Å². The van der Waals surface area contributed by atoms with Crippen LogP contribution in [0.1, 0.15) is 11.1 Å². The maximum atomic E-state index is 13.9. The van der Waals surface area contributed by atoms with Crippen LogP contribution in [-0.2, 0) is 11.3 Å². The van der Waals surface area contributed by atoms with Gasteiger partial charge in [-0.15, -0.1) is 0 Å². The molecule has 0 spiro atoms. The van der Waals surface area contributed by atoms with Gasteiger partial charge in [0.25, 0.3) is 5.69 Å². The molecule has 0 aromatic heterocycles. The van der Waals surface area contributed by atoms with E-state index in [0.717, 1.165) is 11.6 Å². The molecule has 0 unspecified atom stereocenters. The predicted molar refractivity (Wildman–Crippen MR) is 118 cm³/mol. The van der Waals surface area contributed by atoms with Crippen molar-refractivity contribution in [1.29, 1.82) is 0 Å². The SMILES string of the molecule is O=C(/C=C/c1ccccc1)Nc1ccc(CNc2cc(F)c([N+](=O)[O-])cc2[N+](=O)[O-])cc1. The van der Waals surface area contributed by atoms with Gasteiger partial charge in [-0.1, -0.05) is 42.5 Å². The Bertz CT molecular complexity index is 1180. The average molecular weight is 436 g/mol. The minimum atomic E-state index is -1.18. The number of nitrogens with one attached hydrogen (secondary N) is 2. The molecule has 1 amide bonds. The summed E-state index contributed by atoms with van der Waals surface area (Å²) in [5, 5.41) is 27.4. The highest BCUT2D eigenvalue weighted by atomic mass is 19.1. The van der Waals surface area contributed by atoms with E-state index in [1.807, 2.05) is 30.3 Å². The largest absolute Gasteiger partial charge is 0.375 e.